The third kappa shape index (κ3) is 3.29. The summed E-state index contributed by atoms with van der Waals surface area (Å²) in [5.74, 6) is 1.02. The molecule has 2 aliphatic rings. The summed E-state index contributed by atoms with van der Waals surface area (Å²) in [5, 5.41) is 0. The number of anilines is 1. The van der Waals surface area contributed by atoms with Crippen molar-refractivity contribution in [3.05, 3.63) is 59.7 Å². The summed E-state index contributed by atoms with van der Waals surface area (Å²) in [6.07, 6.45) is 3.00. The Morgan fingerprint density at radius 2 is 2.00 bits per heavy atom. The lowest BCUT2D eigenvalue weighted by atomic mass is 9.92. The Hall–Kier alpha value is -2.49. The quantitative estimate of drug-likeness (QED) is 0.808. The summed E-state index contributed by atoms with van der Waals surface area (Å²) < 4.78 is 5.36. The predicted octanol–water partition coefficient (Wildman–Crippen LogP) is 3.85. The molecule has 1 aliphatic heterocycles. The monoisotopic (exact) mass is 364 g/mol. The van der Waals surface area contributed by atoms with Gasteiger partial charge in [0.2, 0.25) is 5.91 Å². The maximum atomic E-state index is 13.2. The first-order valence-corrected chi connectivity index (χ1v) is 9.83. The highest BCUT2D eigenvalue weighted by Gasteiger charge is 2.38. The number of rotatable bonds is 5. The number of para-hydroxylation sites is 1. The molecule has 1 aliphatic carbocycles. The highest BCUT2D eigenvalue weighted by molar-refractivity contribution is 5.85. The van der Waals surface area contributed by atoms with Crippen LogP contribution in [0.4, 0.5) is 5.69 Å². The lowest BCUT2D eigenvalue weighted by Gasteiger charge is -2.50. The number of likely N-dealkylation sites (N-methyl/N-ethyl adjacent to an activating group) is 1. The minimum Gasteiger partial charge on any atom is -0.497 e. The standard InChI is InChI=1S/C23H28N2O2/c1-16-13-19(25(16)18-7-5-4-6-8-18)15-24(2)23(26)21-12-10-17-9-11-20(27-3)14-22(17)21/h4-9,11,14,16,19,21H,10,12-13,15H2,1-3H3. The molecule has 2 aromatic carbocycles. The molecule has 4 rings (SSSR count). The van der Waals surface area contributed by atoms with E-state index in [1.54, 1.807) is 7.11 Å². The average molecular weight is 364 g/mol. The van der Waals surface area contributed by atoms with Gasteiger partial charge in [0.05, 0.1) is 13.0 Å². The second kappa shape index (κ2) is 7.26. The number of nitrogens with zero attached hydrogens (tertiary/aromatic N) is 2. The van der Waals surface area contributed by atoms with Gasteiger partial charge in [-0.1, -0.05) is 24.3 Å². The lowest BCUT2D eigenvalue weighted by Crippen LogP contribution is -2.59. The summed E-state index contributed by atoms with van der Waals surface area (Å²) in [7, 11) is 3.63. The van der Waals surface area contributed by atoms with E-state index in [-0.39, 0.29) is 11.8 Å². The van der Waals surface area contributed by atoms with Gasteiger partial charge in [0.15, 0.2) is 0 Å². The van der Waals surface area contributed by atoms with Gasteiger partial charge in [-0.3, -0.25) is 4.79 Å². The van der Waals surface area contributed by atoms with Crippen LogP contribution >= 0.6 is 0 Å². The van der Waals surface area contributed by atoms with Crippen LogP contribution in [-0.2, 0) is 11.2 Å². The molecule has 4 nitrogen and oxygen atoms in total. The van der Waals surface area contributed by atoms with Crippen molar-refractivity contribution in [1.82, 2.24) is 4.90 Å². The normalized spacial score (nSPS) is 23.5. The van der Waals surface area contributed by atoms with Crippen LogP contribution in [0.15, 0.2) is 48.5 Å². The molecule has 3 unspecified atom stereocenters. The molecule has 0 radical (unpaired) electrons. The molecular weight excluding hydrogens is 336 g/mol. The van der Waals surface area contributed by atoms with Crippen LogP contribution in [0.1, 0.15) is 36.8 Å². The van der Waals surface area contributed by atoms with E-state index in [1.165, 1.54) is 11.3 Å². The van der Waals surface area contributed by atoms with Crippen molar-refractivity contribution in [2.75, 3.05) is 25.6 Å². The van der Waals surface area contributed by atoms with Crippen molar-refractivity contribution in [2.45, 2.75) is 44.2 Å². The molecule has 0 spiro atoms. The number of carbonyl (C=O) groups excluding carboxylic acids is 1. The number of fused-ring (bicyclic) bond motifs is 1. The molecule has 0 aromatic heterocycles. The Kier molecular flexibility index (Phi) is 4.81. The van der Waals surface area contributed by atoms with Gasteiger partial charge < -0.3 is 14.5 Å². The topological polar surface area (TPSA) is 32.8 Å². The van der Waals surface area contributed by atoms with Crippen LogP contribution in [0.3, 0.4) is 0 Å². The van der Waals surface area contributed by atoms with Gasteiger partial charge >= 0.3 is 0 Å². The number of amides is 1. The maximum Gasteiger partial charge on any atom is 0.229 e. The highest BCUT2D eigenvalue weighted by atomic mass is 16.5. The molecule has 27 heavy (non-hydrogen) atoms. The minimum atomic E-state index is -0.0391. The molecule has 1 saturated heterocycles. The maximum absolute atomic E-state index is 13.2. The highest BCUT2D eigenvalue weighted by Crippen LogP contribution is 2.37. The summed E-state index contributed by atoms with van der Waals surface area (Å²) in [5.41, 5.74) is 3.68. The molecule has 1 amide bonds. The second-order valence-corrected chi connectivity index (χ2v) is 7.86. The van der Waals surface area contributed by atoms with E-state index in [9.17, 15) is 4.79 Å². The van der Waals surface area contributed by atoms with E-state index in [0.717, 1.165) is 37.1 Å². The van der Waals surface area contributed by atoms with Crippen LogP contribution in [0, 0.1) is 0 Å². The fraction of sp³-hybridized carbons (Fsp3) is 0.435. The minimum absolute atomic E-state index is 0.0391. The van der Waals surface area contributed by atoms with Crippen LogP contribution in [0.5, 0.6) is 5.75 Å². The molecular formula is C23H28N2O2. The fourth-order valence-electron chi connectivity index (χ4n) is 4.71. The van der Waals surface area contributed by atoms with Gasteiger partial charge in [0.25, 0.3) is 0 Å². The summed E-state index contributed by atoms with van der Waals surface area (Å²) in [4.78, 5) is 17.6. The van der Waals surface area contributed by atoms with Gasteiger partial charge in [-0.15, -0.1) is 0 Å². The van der Waals surface area contributed by atoms with E-state index in [2.05, 4.69) is 42.2 Å². The first-order chi connectivity index (χ1) is 13.1. The second-order valence-electron chi connectivity index (χ2n) is 7.86. The lowest BCUT2D eigenvalue weighted by molar-refractivity contribution is -0.131. The zero-order valence-electron chi connectivity index (χ0n) is 16.4. The number of benzene rings is 2. The van der Waals surface area contributed by atoms with Crippen molar-refractivity contribution < 1.29 is 9.53 Å². The Balaban J connectivity index is 1.45. The Morgan fingerprint density at radius 1 is 1.22 bits per heavy atom. The van der Waals surface area contributed by atoms with Gasteiger partial charge in [-0.25, -0.2) is 0 Å². The first-order valence-electron chi connectivity index (χ1n) is 9.83. The molecule has 142 valence electrons. The Bertz CT molecular complexity index is 820. The van der Waals surface area contributed by atoms with Crippen LogP contribution in [0.2, 0.25) is 0 Å². The van der Waals surface area contributed by atoms with Crippen molar-refractivity contribution in [3.63, 3.8) is 0 Å². The average Bonchev–Trinajstić information content (AvgIpc) is 3.10. The number of methoxy groups -OCH3 is 1. The molecule has 3 atom stereocenters. The molecule has 2 aromatic rings. The van der Waals surface area contributed by atoms with E-state index in [4.69, 9.17) is 4.74 Å². The van der Waals surface area contributed by atoms with Gasteiger partial charge in [-0.2, -0.15) is 0 Å². The van der Waals surface area contributed by atoms with Gasteiger partial charge in [-0.05, 0) is 61.6 Å². The van der Waals surface area contributed by atoms with Crippen molar-refractivity contribution in [2.24, 2.45) is 0 Å². The smallest absolute Gasteiger partial charge is 0.229 e. The van der Waals surface area contributed by atoms with Crippen molar-refractivity contribution in [3.8, 4) is 5.75 Å². The first kappa shape index (κ1) is 17.9. The van der Waals surface area contributed by atoms with Crippen LogP contribution < -0.4 is 9.64 Å². The fourth-order valence-corrected chi connectivity index (χ4v) is 4.71. The molecule has 0 N–H and O–H groups in total. The van der Waals surface area contributed by atoms with Crippen molar-refractivity contribution >= 4 is 11.6 Å². The number of aryl methyl sites for hydroxylation is 1. The molecule has 1 heterocycles. The molecule has 0 saturated carbocycles. The number of hydrogen-bond donors (Lipinski definition) is 0. The predicted molar refractivity (Wildman–Crippen MR) is 108 cm³/mol. The Labute approximate surface area is 161 Å². The third-order valence-corrected chi connectivity index (χ3v) is 6.13. The van der Waals surface area contributed by atoms with Gasteiger partial charge in [0.1, 0.15) is 5.75 Å². The zero-order chi connectivity index (χ0) is 19.0. The Morgan fingerprint density at radius 3 is 2.70 bits per heavy atom. The van der Waals surface area contributed by atoms with Crippen LogP contribution in [-0.4, -0.2) is 43.6 Å². The van der Waals surface area contributed by atoms with E-state index in [1.807, 2.05) is 30.1 Å². The van der Waals surface area contributed by atoms with E-state index in [0.29, 0.717) is 12.1 Å². The molecule has 0 bridgehead atoms. The molecule has 4 heteroatoms. The summed E-state index contributed by atoms with van der Waals surface area (Å²) >= 11 is 0. The van der Waals surface area contributed by atoms with Gasteiger partial charge in [0, 0.05) is 31.4 Å². The largest absolute Gasteiger partial charge is 0.497 e. The van der Waals surface area contributed by atoms with Crippen LogP contribution in [0.25, 0.3) is 0 Å². The third-order valence-electron chi connectivity index (χ3n) is 6.13. The summed E-state index contributed by atoms with van der Waals surface area (Å²) in [6.45, 7) is 3.03. The summed E-state index contributed by atoms with van der Waals surface area (Å²) in [6, 6.07) is 17.6. The van der Waals surface area contributed by atoms with E-state index < -0.39 is 0 Å². The zero-order valence-corrected chi connectivity index (χ0v) is 16.4. The number of hydrogen-bond acceptors (Lipinski definition) is 3. The number of ether oxygens (including phenoxy) is 1. The molecule has 1 fully saturated rings. The SMILES string of the molecule is COc1ccc2c(c1)C(C(=O)N(C)CC1CC(C)N1c1ccccc1)CC2. The van der Waals surface area contributed by atoms with Crippen molar-refractivity contribution in [1.29, 1.82) is 0 Å². The number of carbonyl (C=O) groups is 1. The van der Waals surface area contributed by atoms with E-state index >= 15 is 0 Å².